The van der Waals surface area contributed by atoms with E-state index >= 15 is 0 Å². The van der Waals surface area contributed by atoms with Gasteiger partial charge >= 0.3 is 5.97 Å². The second-order valence-corrected chi connectivity index (χ2v) is 11.8. The van der Waals surface area contributed by atoms with Gasteiger partial charge in [0.05, 0.1) is 11.1 Å². The molecular weight excluding hydrogens is 548 g/mol. The Morgan fingerprint density at radius 1 is 0.767 bits per heavy atom. The summed E-state index contributed by atoms with van der Waals surface area (Å²) < 4.78 is 0. The van der Waals surface area contributed by atoms with Crippen LogP contribution in [0.15, 0.2) is 52.7 Å². The number of phenols is 3. The molecule has 3 rings (SSSR count). The van der Waals surface area contributed by atoms with Crippen molar-refractivity contribution in [2.45, 2.75) is 92.1 Å². The average molecular weight is 591 g/mol. The number of hydrogen-bond donors (Lipinski definition) is 5. The minimum absolute atomic E-state index is 0.0413. The van der Waals surface area contributed by atoms with Crippen LogP contribution in [0, 0.1) is 13.8 Å². The molecule has 0 aromatic heterocycles. The number of carbonyl (C=O) groups is 3. The monoisotopic (exact) mass is 590 g/mol. The summed E-state index contributed by atoms with van der Waals surface area (Å²) in [5.74, 6) is -4.12. The molecule has 2 aromatic carbocycles. The summed E-state index contributed by atoms with van der Waals surface area (Å²) in [6.07, 6.45) is 10.9. The van der Waals surface area contributed by atoms with E-state index in [0.29, 0.717) is 43.2 Å². The second kappa shape index (κ2) is 13.4. The zero-order valence-corrected chi connectivity index (χ0v) is 25.8. The van der Waals surface area contributed by atoms with Crippen LogP contribution in [0.5, 0.6) is 17.2 Å². The van der Waals surface area contributed by atoms with Crippen LogP contribution >= 0.6 is 0 Å². The van der Waals surface area contributed by atoms with Crippen LogP contribution in [0.2, 0.25) is 0 Å². The lowest BCUT2D eigenvalue weighted by molar-refractivity contribution is -0.132. The number of carboxylic acid groups (broad SMARTS) is 1. The van der Waals surface area contributed by atoms with Gasteiger partial charge in [0.2, 0.25) is 11.6 Å². The number of rotatable bonds is 12. The number of hydrogen-bond acceptors (Lipinski definition) is 7. The van der Waals surface area contributed by atoms with Gasteiger partial charge in [0, 0.05) is 28.3 Å². The highest BCUT2D eigenvalue weighted by atomic mass is 16.4. The molecule has 43 heavy (non-hydrogen) atoms. The maximum absolute atomic E-state index is 13.6. The van der Waals surface area contributed by atoms with Gasteiger partial charge in [-0.3, -0.25) is 9.59 Å². The summed E-state index contributed by atoms with van der Waals surface area (Å²) in [4.78, 5) is 38.6. The fraction of sp³-hybridized carbons (Fsp3) is 0.400. The van der Waals surface area contributed by atoms with Crippen LogP contribution in [-0.2, 0) is 4.79 Å². The SMILES string of the molecule is CC(C)=CCC/C(=C/CC/C(C)=C/CC/C(C)=C/CC1(O)C(=O)c2c(O)cc(C)c3c(O)c(C)c(O)c(c23)C1=O)C(=O)O. The molecule has 8 heteroatoms. The topological polar surface area (TPSA) is 152 Å². The first-order valence-corrected chi connectivity index (χ1v) is 14.5. The lowest BCUT2D eigenvalue weighted by atomic mass is 9.73. The number of phenolic OH excluding ortho intramolecular Hbond substituents is 3. The van der Waals surface area contributed by atoms with Crippen molar-refractivity contribution in [2.24, 2.45) is 0 Å². The maximum Gasteiger partial charge on any atom is 0.331 e. The smallest absolute Gasteiger partial charge is 0.331 e. The van der Waals surface area contributed by atoms with Crippen LogP contribution in [0.25, 0.3) is 10.8 Å². The minimum Gasteiger partial charge on any atom is -0.507 e. The molecule has 0 radical (unpaired) electrons. The van der Waals surface area contributed by atoms with Gasteiger partial charge in [-0.15, -0.1) is 0 Å². The van der Waals surface area contributed by atoms with Crippen molar-refractivity contribution >= 4 is 28.3 Å². The van der Waals surface area contributed by atoms with Crippen molar-refractivity contribution < 1.29 is 39.9 Å². The molecule has 1 aliphatic rings. The van der Waals surface area contributed by atoms with Crippen LogP contribution in [0.1, 0.15) is 104 Å². The third-order valence-corrected chi connectivity index (χ3v) is 8.09. The van der Waals surface area contributed by atoms with Crippen molar-refractivity contribution in [3.05, 3.63) is 74.9 Å². The number of aliphatic carboxylic acids is 1. The second-order valence-electron chi connectivity index (χ2n) is 11.8. The van der Waals surface area contributed by atoms with Crippen molar-refractivity contribution in [3.63, 3.8) is 0 Å². The Labute approximate surface area is 252 Å². The highest BCUT2D eigenvalue weighted by Gasteiger charge is 2.51. The van der Waals surface area contributed by atoms with E-state index in [1.807, 2.05) is 33.8 Å². The fourth-order valence-corrected chi connectivity index (χ4v) is 5.47. The largest absolute Gasteiger partial charge is 0.507 e. The van der Waals surface area contributed by atoms with Crippen LogP contribution in [0.4, 0.5) is 0 Å². The van der Waals surface area contributed by atoms with Crippen molar-refractivity contribution in [3.8, 4) is 17.2 Å². The third kappa shape index (κ3) is 6.91. The molecule has 0 saturated heterocycles. The number of carbonyl (C=O) groups excluding carboxylic acids is 2. The van der Waals surface area contributed by atoms with Gasteiger partial charge in [-0.1, -0.05) is 41.0 Å². The molecule has 1 unspecified atom stereocenters. The Balaban J connectivity index is 1.72. The molecule has 1 aliphatic carbocycles. The average Bonchev–Trinajstić information content (AvgIpc) is 2.92. The molecule has 0 heterocycles. The predicted molar refractivity (Wildman–Crippen MR) is 167 cm³/mol. The molecule has 0 aliphatic heterocycles. The first kappa shape index (κ1) is 33.3. The highest BCUT2D eigenvalue weighted by molar-refractivity contribution is 6.36. The van der Waals surface area contributed by atoms with E-state index in [9.17, 15) is 39.9 Å². The third-order valence-electron chi connectivity index (χ3n) is 8.09. The lowest BCUT2D eigenvalue weighted by Crippen LogP contribution is -2.49. The summed E-state index contributed by atoms with van der Waals surface area (Å²) in [5, 5.41) is 53.1. The van der Waals surface area contributed by atoms with E-state index in [1.54, 1.807) is 19.1 Å². The molecule has 0 bridgehead atoms. The van der Waals surface area contributed by atoms with Crippen molar-refractivity contribution in [1.82, 2.24) is 0 Å². The van der Waals surface area contributed by atoms with Gasteiger partial charge < -0.3 is 25.5 Å². The zero-order chi connectivity index (χ0) is 32.2. The summed E-state index contributed by atoms with van der Waals surface area (Å²) >= 11 is 0. The Kier molecular flexibility index (Phi) is 10.4. The summed E-state index contributed by atoms with van der Waals surface area (Å²) in [7, 11) is 0. The maximum atomic E-state index is 13.6. The van der Waals surface area contributed by atoms with Crippen LogP contribution < -0.4 is 0 Å². The number of aliphatic hydroxyl groups is 1. The Morgan fingerprint density at radius 2 is 1.33 bits per heavy atom. The van der Waals surface area contributed by atoms with Crippen LogP contribution in [-0.4, -0.2) is 48.7 Å². The Hall–Kier alpha value is -4.17. The predicted octanol–water partition coefficient (Wildman–Crippen LogP) is 7.28. The number of aryl methyl sites for hydroxylation is 1. The molecule has 0 amide bonds. The number of aromatic hydroxyl groups is 3. The van der Waals surface area contributed by atoms with Gasteiger partial charge in [0.15, 0.2) is 5.60 Å². The highest BCUT2D eigenvalue weighted by Crippen LogP contribution is 2.49. The van der Waals surface area contributed by atoms with Crippen molar-refractivity contribution in [2.75, 3.05) is 0 Å². The molecule has 230 valence electrons. The molecule has 1 atom stereocenters. The minimum atomic E-state index is -2.53. The summed E-state index contributed by atoms with van der Waals surface area (Å²) in [6.45, 7) is 10.8. The molecule has 0 spiro atoms. The normalized spacial score (nSPS) is 17.5. The van der Waals surface area contributed by atoms with E-state index in [2.05, 4.69) is 6.08 Å². The number of allylic oxidation sites excluding steroid dienone is 6. The van der Waals surface area contributed by atoms with E-state index in [0.717, 1.165) is 23.1 Å². The zero-order valence-electron chi connectivity index (χ0n) is 25.8. The van der Waals surface area contributed by atoms with E-state index < -0.39 is 34.6 Å². The number of carboxylic acids is 1. The van der Waals surface area contributed by atoms with E-state index in [1.165, 1.54) is 13.0 Å². The Bertz CT molecular complexity index is 1600. The molecule has 8 nitrogen and oxygen atoms in total. The lowest BCUT2D eigenvalue weighted by Gasteiger charge is -2.32. The van der Waals surface area contributed by atoms with E-state index in [4.69, 9.17) is 0 Å². The molecule has 5 N–H and O–H groups in total. The fourth-order valence-electron chi connectivity index (χ4n) is 5.47. The van der Waals surface area contributed by atoms with E-state index in [-0.39, 0.29) is 39.6 Å². The summed E-state index contributed by atoms with van der Waals surface area (Å²) in [6, 6.07) is 1.30. The number of benzene rings is 2. The van der Waals surface area contributed by atoms with Crippen LogP contribution in [0.3, 0.4) is 0 Å². The first-order chi connectivity index (χ1) is 20.1. The van der Waals surface area contributed by atoms with Crippen molar-refractivity contribution in [1.29, 1.82) is 0 Å². The summed E-state index contributed by atoms with van der Waals surface area (Å²) in [5.41, 5.74) is 0.858. The van der Waals surface area contributed by atoms with Gasteiger partial charge in [-0.2, -0.15) is 0 Å². The van der Waals surface area contributed by atoms with Gasteiger partial charge in [0.1, 0.15) is 17.2 Å². The standard InChI is InChI=1S/C35H42O8/c1-19(2)10-7-14-24(34(41)42)15-9-13-20(3)11-8-12-21(4)16-17-35(43)32(39)27-25(36)18-22(5)26-28(27)29(33(35)40)31(38)23(6)30(26)37/h10-11,15-16,18,36-38,43H,7-9,12-14,17H2,1-6H3,(H,41,42)/b20-11+,21-16+,24-15-. The first-order valence-electron chi connectivity index (χ1n) is 14.5. The molecule has 0 fully saturated rings. The van der Waals surface area contributed by atoms with Gasteiger partial charge in [0.25, 0.3) is 0 Å². The molecular formula is C35H42O8. The molecule has 2 aromatic rings. The molecule has 0 saturated carbocycles. The Morgan fingerprint density at radius 3 is 1.93 bits per heavy atom. The van der Waals surface area contributed by atoms with Gasteiger partial charge in [-0.05, 0) is 91.7 Å². The quantitative estimate of drug-likeness (QED) is 0.0982. The number of Topliss-reactive ketones (excluding diaryl/α,β-unsaturated/α-hetero) is 2. The van der Waals surface area contributed by atoms with Gasteiger partial charge in [-0.25, -0.2) is 4.79 Å². The number of ketones is 2.